The second-order valence-corrected chi connectivity index (χ2v) is 11.5. The number of likely N-dealkylation sites (tertiary alicyclic amines) is 1. The zero-order valence-electron chi connectivity index (χ0n) is 25.2. The van der Waals surface area contributed by atoms with Crippen molar-refractivity contribution in [2.75, 3.05) is 46.4 Å². The molecule has 2 amide bonds. The third kappa shape index (κ3) is 7.50. The van der Waals surface area contributed by atoms with E-state index >= 15 is 0 Å². The second-order valence-electron chi connectivity index (χ2n) is 11.5. The minimum atomic E-state index is -0.838. The molecule has 3 aliphatic rings. The van der Waals surface area contributed by atoms with Gasteiger partial charge in [-0.25, -0.2) is 14.4 Å². The average Bonchev–Trinajstić information content (AvgIpc) is 3.38. The number of carbonyl (C=O) groups excluding carboxylic acids is 4. The molecule has 2 atom stereocenters. The monoisotopic (exact) mass is 613 g/mol. The normalized spacial score (nSPS) is 21.6. The number of aryl methyl sites for hydroxylation is 1. The standard InChI is InChI=1S/C31H39N3O10/c1-20-29(44-31(39)42-20)25-16-22(12-13-34(25)30(38)40-2)32-14-15-33(27(36)18-32)17-26(35)21-8-10-23(11-9-21)41-19-28(37)43-24-6-4-3-5-7-24/h8-11,22,24-25H,3-7,12-19H2,1-2H3. The van der Waals surface area contributed by atoms with Crippen molar-refractivity contribution in [3.05, 3.63) is 52.0 Å². The smallest absolute Gasteiger partial charge is 0.482 e. The Morgan fingerprint density at radius 2 is 1.70 bits per heavy atom. The molecule has 3 heterocycles. The number of benzene rings is 1. The molecule has 13 nitrogen and oxygen atoms in total. The van der Waals surface area contributed by atoms with Crippen molar-refractivity contribution >= 4 is 23.8 Å². The van der Waals surface area contributed by atoms with Crippen LogP contribution in [0, 0.1) is 6.92 Å². The molecule has 13 heteroatoms. The lowest BCUT2D eigenvalue weighted by Crippen LogP contribution is -2.57. The van der Waals surface area contributed by atoms with Gasteiger partial charge in [0.05, 0.1) is 26.2 Å². The van der Waals surface area contributed by atoms with Gasteiger partial charge < -0.3 is 27.9 Å². The van der Waals surface area contributed by atoms with E-state index in [9.17, 15) is 24.0 Å². The molecule has 1 saturated carbocycles. The van der Waals surface area contributed by atoms with Crippen molar-refractivity contribution in [2.45, 2.75) is 70.1 Å². The van der Waals surface area contributed by atoms with E-state index in [-0.39, 0.29) is 49.3 Å². The maximum atomic E-state index is 13.1. The van der Waals surface area contributed by atoms with Crippen molar-refractivity contribution in [1.29, 1.82) is 0 Å². The summed E-state index contributed by atoms with van der Waals surface area (Å²) in [6.45, 7) is 2.76. The zero-order valence-corrected chi connectivity index (χ0v) is 25.2. The van der Waals surface area contributed by atoms with E-state index in [0.717, 1.165) is 25.7 Å². The number of ketones is 1. The SMILES string of the molecule is COC(=O)N1CCC(N2CCN(CC(=O)c3ccc(OCC(=O)OC4CCCCC4)cc3)C(=O)C2)CC1c1oc(=O)oc1C. The fourth-order valence-electron chi connectivity index (χ4n) is 6.28. The number of nitrogens with zero attached hydrogens (tertiary/aromatic N) is 3. The molecule has 2 aromatic rings. The fourth-order valence-corrected chi connectivity index (χ4v) is 6.28. The molecule has 2 aliphatic heterocycles. The van der Waals surface area contributed by atoms with E-state index in [4.69, 9.17) is 23.0 Å². The van der Waals surface area contributed by atoms with E-state index in [1.165, 1.54) is 18.4 Å². The Morgan fingerprint density at radius 1 is 0.955 bits per heavy atom. The minimum Gasteiger partial charge on any atom is -0.482 e. The summed E-state index contributed by atoms with van der Waals surface area (Å²) in [6.07, 6.45) is 5.57. The van der Waals surface area contributed by atoms with Gasteiger partial charge in [0, 0.05) is 31.2 Å². The van der Waals surface area contributed by atoms with Gasteiger partial charge in [0.15, 0.2) is 18.2 Å². The highest BCUT2D eigenvalue weighted by Crippen LogP contribution is 2.35. The summed E-state index contributed by atoms with van der Waals surface area (Å²) in [5, 5.41) is 0. The number of hydrogen-bond acceptors (Lipinski definition) is 11. The summed E-state index contributed by atoms with van der Waals surface area (Å²) >= 11 is 0. The number of hydrogen-bond donors (Lipinski definition) is 0. The van der Waals surface area contributed by atoms with Crippen molar-refractivity contribution in [3.8, 4) is 5.75 Å². The molecule has 238 valence electrons. The number of carbonyl (C=O) groups is 4. The fraction of sp³-hybridized carbons (Fsp3) is 0.581. The molecule has 1 aromatic heterocycles. The van der Waals surface area contributed by atoms with Gasteiger partial charge in [-0.3, -0.25) is 19.4 Å². The van der Waals surface area contributed by atoms with Gasteiger partial charge in [-0.05, 0) is 69.7 Å². The summed E-state index contributed by atoms with van der Waals surface area (Å²) in [5.41, 5.74) is 0.437. The largest absolute Gasteiger partial charge is 0.519 e. The number of ether oxygens (including phenoxy) is 3. The van der Waals surface area contributed by atoms with Crippen LogP contribution in [0.25, 0.3) is 0 Å². The molecule has 0 bridgehead atoms. The third-order valence-corrected chi connectivity index (χ3v) is 8.65. The van der Waals surface area contributed by atoms with Crippen LogP contribution in [-0.2, 0) is 19.1 Å². The average molecular weight is 614 g/mol. The topological polar surface area (TPSA) is 149 Å². The van der Waals surface area contributed by atoms with Gasteiger partial charge in [0.1, 0.15) is 17.6 Å². The number of piperazine rings is 1. The van der Waals surface area contributed by atoms with Gasteiger partial charge in [0.25, 0.3) is 0 Å². The molecule has 0 radical (unpaired) electrons. The first-order chi connectivity index (χ1) is 21.2. The molecule has 3 fully saturated rings. The van der Waals surface area contributed by atoms with Gasteiger partial charge in [0.2, 0.25) is 5.91 Å². The van der Waals surface area contributed by atoms with Crippen LogP contribution in [-0.4, -0.2) is 97.0 Å². The van der Waals surface area contributed by atoms with E-state index < -0.39 is 23.9 Å². The molecule has 0 spiro atoms. The maximum absolute atomic E-state index is 13.1. The molecule has 2 unspecified atom stereocenters. The quantitative estimate of drug-likeness (QED) is 0.303. The van der Waals surface area contributed by atoms with Crippen LogP contribution in [0.2, 0.25) is 0 Å². The summed E-state index contributed by atoms with van der Waals surface area (Å²) in [7, 11) is 1.29. The lowest BCUT2D eigenvalue weighted by molar-refractivity contribution is -0.152. The predicted molar refractivity (Wildman–Crippen MR) is 154 cm³/mol. The molecule has 5 rings (SSSR count). The summed E-state index contributed by atoms with van der Waals surface area (Å²) in [4.78, 5) is 67.4. The van der Waals surface area contributed by atoms with Crippen LogP contribution in [0.5, 0.6) is 5.75 Å². The Bertz CT molecular complexity index is 1390. The lowest BCUT2D eigenvalue weighted by atomic mass is 9.93. The van der Waals surface area contributed by atoms with E-state index in [2.05, 4.69) is 0 Å². The Morgan fingerprint density at radius 3 is 2.36 bits per heavy atom. The lowest BCUT2D eigenvalue weighted by Gasteiger charge is -2.44. The third-order valence-electron chi connectivity index (χ3n) is 8.65. The first-order valence-electron chi connectivity index (χ1n) is 15.1. The Labute approximate surface area is 255 Å². The van der Waals surface area contributed by atoms with Gasteiger partial charge in [-0.1, -0.05) is 6.42 Å². The predicted octanol–water partition coefficient (Wildman–Crippen LogP) is 3.09. The molecule has 0 N–H and O–H groups in total. The first-order valence-corrected chi connectivity index (χ1v) is 15.1. The second kappa shape index (κ2) is 14.1. The summed E-state index contributed by atoms with van der Waals surface area (Å²) in [5.74, 6) is -0.585. The number of methoxy groups -OCH3 is 1. The van der Waals surface area contributed by atoms with E-state index in [0.29, 0.717) is 49.5 Å². The highest BCUT2D eigenvalue weighted by atomic mass is 16.6. The van der Waals surface area contributed by atoms with Crippen molar-refractivity contribution in [3.63, 3.8) is 0 Å². The van der Waals surface area contributed by atoms with Crippen LogP contribution < -0.4 is 10.6 Å². The Kier molecular flexibility index (Phi) is 10.0. The van der Waals surface area contributed by atoms with Gasteiger partial charge >= 0.3 is 17.9 Å². The number of amides is 2. The molecule has 1 aliphatic carbocycles. The van der Waals surface area contributed by atoms with Crippen LogP contribution in [0.4, 0.5) is 4.79 Å². The van der Waals surface area contributed by atoms with Crippen molar-refractivity contribution in [2.24, 2.45) is 0 Å². The molecular weight excluding hydrogens is 574 g/mol. The zero-order chi connectivity index (χ0) is 31.2. The number of Topliss-reactive ketones (excluding diaryl/α,β-unsaturated/α-hetero) is 1. The molecule has 44 heavy (non-hydrogen) atoms. The Hall–Kier alpha value is -4.13. The highest BCUT2D eigenvalue weighted by molar-refractivity contribution is 5.99. The van der Waals surface area contributed by atoms with Crippen LogP contribution >= 0.6 is 0 Å². The van der Waals surface area contributed by atoms with Crippen molar-refractivity contribution < 1.29 is 42.2 Å². The van der Waals surface area contributed by atoms with Crippen LogP contribution in [0.1, 0.15) is 72.9 Å². The minimum absolute atomic E-state index is 0.0311. The number of rotatable bonds is 9. The molecule has 1 aromatic carbocycles. The van der Waals surface area contributed by atoms with Gasteiger partial charge in [-0.2, -0.15) is 0 Å². The highest BCUT2D eigenvalue weighted by Gasteiger charge is 2.40. The summed E-state index contributed by atoms with van der Waals surface area (Å²) < 4.78 is 26.2. The van der Waals surface area contributed by atoms with Gasteiger partial charge in [-0.15, -0.1) is 0 Å². The van der Waals surface area contributed by atoms with Crippen LogP contribution in [0.3, 0.4) is 0 Å². The van der Waals surface area contributed by atoms with Crippen LogP contribution in [0.15, 0.2) is 37.9 Å². The first kappa shape index (κ1) is 31.3. The van der Waals surface area contributed by atoms with E-state index in [1.54, 1.807) is 36.1 Å². The van der Waals surface area contributed by atoms with Crippen molar-refractivity contribution in [1.82, 2.24) is 14.7 Å². The summed E-state index contributed by atoms with van der Waals surface area (Å²) in [6, 6.07) is 5.86. The molecule has 2 saturated heterocycles. The molecular formula is C31H39N3O10. The number of esters is 1. The maximum Gasteiger partial charge on any atom is 0.519 e. The Balaban J connectivity index is 1.11. The number of piperidine rings is 1. The van der Waals surface area contributed by atoms with E-state index in [1.807, 2.05) is 4.90 Å².